The molecule has 4 nitrogen and oxygen atoms in total. The molecule has 1 saturated heterocycles. The molecule has 1 aromatic carbocycles. The molecule has 1 fully saturated rings. The lowest BCUT2D eigenvalue weighted by atomic mass is 10.0. The van der Waals surface area contributed by atoms with Crippen molar-refractivity contribution in [2.45, 2.75) is 31.9 Å². The molecule has 0 saturated carbocycles. The van der Waals surface area contributed by atoms with E-state index in [1.807, 2.05) is 19.9 Å². The van der Waals surface area contributed by atoms with Crippen molar-refractivity contribution in [3.8, 4) is 0 Å². The van der Waals surface area contributed by atoms with Crippen molar-refractivity contribution in [1.82, 2.24) is 5.32 Å². The lowest BCUT2D eigenvalue weighted by molar-refractivity contribution is -0.147. The number of rotatable bonds is 2. The van der Waals surface area contributed by atoms with Gasteiger partial charge < -0.3 is 10.1 Å². The third-order valence-electron chi connectivity index (χ3n) is 2.70. The van der Waals surface area contributed by atoms with E-state index in [4.69, 9.17) is 4.74 Å². The molecule has 90 valence electrons. The predicted octanol–water partition coefficient (Wildman–Crippen LogP) is 1.51. The zero-order valence-corrected chi connectivity index (χ0v) is 9.90. The van der Waals surface area contributed by atoms with Gasteiger partial charge in [0.05, 0.1) is 0 Å². The van der Waals surface area contributed by atoms with Gasteiger partial charge in [0.1, 0.15) is 11.6 Å². The number of amides is 1. The maximum Gasteiger partial charge on any atom is 0.329 e. The Morgan fingerprint density at radius 1 is 1.35 bits per heavy atom. The van der Waals surface area contributed by atoms with Gasteiger partial charge in [-0.15, -0.1) is 0 Å². The molecule has 1 atom stereocenters. The number of cyclic esters (lactones) is 1. The van der Waals surface area contributed by atoms with Gasteiger partial charge in [0.15, 0.2) is 0 Å². The van der Waals surface area contributed by atoms with Gasteiger partial charge >= 0.3 is 5.97 Å². The fourth-order valence-corrected chi connectivity index (χ4v) is 1.90. The summed E-state index contributed by atoms with van der Waals surface area (Å²) in [6.07, 6.45) is 0.504. The monoisotopic (exact) mass is 233 g/mol. The topological polar surface area (TPSA) is 55.4 Å². The molecule has 1 amide bonds. The van der Waals surface area contributed by atoms with Crippen LogP contribution in [0.2, 0.25) is 0 Å². The van der Waals surface area contributed by atoms with Crippen LogP contribution < -0.4 is 5.32 Å². The molecular weight excluding hydrogens is 218 g/mol. The third-order valence-corrected chi connectivity index (χ3v) is 2.70. The Hall–Kier alpha value is -1.84. The van der Waals surface area contributed by atoms with Gasteiger partial charge in [0.25, 0.3) is 5.91 Å². The summed E-state index contributed by atoms with van der Waals surface area (Å²) in [5.41, 5.74) is 0.0520. The molecule has 1 unspecified atom stereocenters. The summed E-state index contributed by atoms with van der Waals surface area (Å²) in [5, 5.41) is 2.69. The van der Waals surface area contributed by atoms with Crippen LogP contribution in [0.25, 0.3) is 0 Å². The molecule has 1 aliphatic rings. The van der Waals surface area contributed by atoms with E-state index in [2.05, 4.69) is 5.32 Å². The zero-order valence-electron chi connectivity index (χ0n) is 9.90. The van der Waals surface area contributed by atoms with E-state index >= 15 is 0 Å². The number of hydrogen-bond acceptors (Lipinski definition) is 3. The summed E-state index contributed by atoms with van der Waals surface area (Å²) in [6, 6.07) is 8.28. The van der Waals surface area contributed by atoms with Gasteiger partial charge in [0, 0.05) is 12.0 Å². The highest BCUT2D eigenvalue weighted by Crippen LogP contribution is 2.25. The number of carbonyl (C=O) groups is 2. The molecule has 1 aromatic rings. The number of hydrogen-bond donors (Lipinski definition) is 1. The van der Waals surface area contributed by atoms with E-state index in [1.165, 1.54) is 0 Å². The molecule has 4 heteroatoms. The normalized spacial score (nSPS) is 22.0. The Morgan fingerprint density at radius 3 is 2.53 bits per heavy atom. The molecule has 0 bridgehead atoms. The van der Waals surface area contributed by atoms with Crippen molar-refractivity contribution < 1.29 is 14.3 Å². The Morgan fingerprint density at radius 2 is 2.00 bits per heavy atom. The minimum Gasteiger partial charge on any atom is -0.458 e. The summed E-state index contributed by atoms with van der Waals surface area (Å²) in [4.78, 5) is 23.4. The summed E-state index contributed by atoms with van der Waals surface area (Å²) in [5.74, 6) is -0.607. The van der Waals surface area contributed by atoms with Crippen molar-refractivity contribution in [3.63, 3.8) is 0 Å². The fourth-order valence-electron chi connectivity index (χ4n) is 1.90. The maximum absolute atomic E-state index is 11.8. The lowest BCUT2D eigenvalue weighted by Gasteiger charge is -2.14. The summed E-state index contributed by atoms with van der Waals surface area (Å²) in [6.45, 7) is 3.67. The molecule has 0 aromatic heterocycles. The van der Waals surface area contributed by atoms with Crippen LogP contribution in [-0.2, 0) is 9.53 Å². The van der Waals surface area contributed by atoms with Gasteiger partial charge in [0.2, 0.25) is 0 Å². The summed E-state index contributed by atoms with van der Waals surface area (Å²) < 4.78 is 5.14. The molecule has 1 N–H and O–H groups in total. The van der Waals surface area contributed by atoms with Gasteiger partial charge in [-0.2, -0.15) is 0 Å². The van der Waals surface area contributed by atoms with E-state index in [0.29, 0.717) is 12.0 Å². The Labute approximate surface area is 100.0 Å². The highest BCUT2D eigenvalue weighted by molar-refractivity contribution is 5.97. The fraction of sp³-hybridized carbons (Fsp3) is 0.385. The number of carbonyl (C=O) groups excluding carboxylic acids is 2. The van der Waals surface area contributed by atoms with Crippen molar-refractivity contribution in [1.29, 1.82) is 0 Å². The molecule has 2 rings (SSSR count). The minimum atomic E-state index is -0.544. The quantitative estimate of drug-likeness (QED) is 0.788. The Bertz CT molecular complexity index is 439. The van der Waals surface area contributed by atoms with Crippen LogP contribution in [0, 0.1) is 0 Å². The van der Waals surface area contributed by atoms with Crippen molar-refractivity contribution in [2.75, 3.05) is 0 Å². The highest BCUT2D eigenvalue weighted by atomic mass is 16.6. The summed E-state index contributed by atoms with van der Waals surface area (Å²) in [7, 11) is 0. The van der Waals surface area contributed by atoms with Crippen molar-refractivity contribution in [3.05, 3.63) is 35.9 Å². The Balaban J connectivity index is 2.03. The predicted molar refractivity (Wildman–Crippen MR) is 62.5 cm³/mol. The van der Waals surface area contributed by atoms with Gasteiger partial charge in [-0.1, -0.05) is 18.2 Å². The third kappa shape index (κ3) is 2.64. The molecular formula is C13H15NO3. The van der Waals surface area contributed by atoms with Gasteiger partial charge in [-0.05, 0) is 26.0 Å². The smallest absolute Gasteiger partial charge is 0.329 e. The average molecular weight is 233 g/mol. The van der Waals surface area contributed by atoms with Crippen LogP contribution in [0.1, 0.15) is 30.6 Å². The standard InChI is InChI=1S/C13H15NO3/c1-13(2)8-10(12(16)17-13)14-11(15)9-6-4-3-5-7-9/h3-7,10H,8H2,1-2H3,(H,14,15). The first kappa shape index (κ1) is 11.6. The maximum atomic E-state index is 11.8. The van der Waals surface area contributed by atoms with Gasteiger partial charge in [-0.25, -0.2) is 4.79 Å². The SMILES string of the molecule is CC1(C)CC(NC(=O)c2ccccc2)C(=O)O1. The average Bonchev–Trinajstić information content (AvgIpc) is 2.53. The number of ether oxygens (including phenoxy) is 1. The van der Waals surface area contributed by atoms with E-state index in [0.717, 1.165) is 0 Å². The van der Waals surface area contributed by atoms with E-state index in [1.54, 1.807) is 24.3 Å². The van der Waals surface area contributed by atoms with Crippen LogP contribution in [-0.4, -0.2) is 23.5 Å². The molecule has 0 radical (unpaired) electrons. The second kappa shape index (κ2) is 4.20. The van der Waals surface area contributed by atoms with Crippen LogP contribution in [0.3, 0.4) is 0 Å². The highest BCUT2D eigenvalue weighted by Gasteiger charge is 2.40. The van der Waals surface area contributed by atoms with E-state index < -0.39 is 11.6 Å². The molecule has 1 heterocycles. The first-order chi connectivity index (χ1) is 7.98. The lowest BCUT2D eigenvalue weighted by Crippen LogP contribution is -2.38. The molecule has 0 aliphatic carbocycles. The first-order valence-corrected chi connectivity index (χ1v) is 5.57. The van der Waals surface area contributed by atoms with Crippen LogP contribution >= 0.6 is 0 Å². The van der Waals surface area contributed by atoms with Crippen LogP contribution in [0.4, 0.5) is 0 Å². The Kier molecular flexibility index (Phi) is 2.88. The second-order valence-electron chi connectivity index (χ2n) is 4.78. The zero-order chi connectivity index (χ0) is 12.5. The summed E-state index contributed by atoms with van der Waals surface area (Å²) >= 11 is 0. The van der Waals surface area contributed by atoms with Crippen LogP contribution in [0.15, 0.2) is 30.3 Å². The van der Waals surface area contributed by atoms with Gasteiger partial charge in [-0.3, -0.25) is 4.79 Å². The number of esters is 1. The van der Waals surface area contributed by atoms with Crippen molar-refractivity contribution >= 4 is 11.9 Å². The molecule has 0 spiro atoms. The largest absolute Gasteiger partial charge is 0.458 e. The first-order valence-electron chi connectivity index (χ1n) is 5.57. The molecule has 1 aliphatic heterocycles. The molecule has 17 heavy (non-hydrogen) atoms. The minimum absolute atomic E-state index is 0.245. The van der Waals surface area contributed by atoms with E-state index in [-0.39, 0.29) is 11.9 Å². The van der Waals surface area contributed by atoms with E-state index in [9.17, 15) is 9.59 Å². The van der Waals surface area contributed by atoms with Crippen LogP contribution in [0.5, 0.6) is 0 Å². The number of benzene rings is 1. The second-order valence-corrected chi connectivity index (χ2v) is 4.78. The number of nitrogens with one attached hydrogen (secondary N) is 1. The van der Waals surface area contributed by atoms with Crippen molar-refractivity contribution in [2.24, 2.45) is 0 Å².